The third-order valence-electron chi connectivity index (χ3n) is 4.33. The molecule has 0 fully saturated rings. The number of likely N-dealkylation sites (N-methyl/N-ethyl adjacent to an activating group) is 1. The second-order valence-corrected chi connectivity index (χ2v) is 6.99. The Balaban J connectivity index is 1.42. The molecule has 0 spiro atoms. The second kappa shape index (κ2) is 11.4. The molecule has 0 atom stereocenters. The molecular formula is C25H26N2O5. The lowest BCUT2D eigenvalue weighted by Crippen LogP contribution is -2.28. The van der Waals surface area contributed by atoms with Crippen molar-refractivity contribution in [2.75, 3.05) is 25.1 Å². The zero-order valence-electron chi connectivity index (χ0n) is 18.1. The number of carbonyl (C=O) groups is 2. The van der Waals surface area contributed by atoms with Crippen LogP contribution in [-0.2, 0) is 9.59 Å². The molecule has 2 amide bonds. The summed E-state index contributed by atoms with van der Waals surface area (Å²) in [6.07, 6.45) is 0. The van der Waals surface area contributed by atoms with Crippen LogP contribution < -0.4 is 24.8 Å². The molecule has 3 aromatic rings. The van der Waals surface area contributed by atoms with E-state index in [-0.39, 0.29) is 25.0 Å². The maximum atomic E-state index is 12.1. The summed E-state index contributed by atoms with van der Waals surface area (Å²) in [4.78, 5) is 23.6. The Kier molecular flexibility index (Phi) is 8.09. The number of ether oxygens (including phenoxy) is 3. The number of carbonyl (C=O) groups excluding carboxylic acids is 2. The number of amides is 2. The van der Waals surface area contributed by atoms with Crippen molar-refractivity contribution in [1.82, 2.24) is 5.32 Å². The van der Waals surface area contributed by atoms with Gasteiger partial charge < -0.3 is 24.8 Å². The number of hydrogen-bond donors (Lipinski definition) is 2. The summed E-state index contributed by atoms with van der Waals surface area (Å²) in [6.45, 7) is 4.23. The highest BCUT2D eigenvalue weighted by molar-refractivity contribution is 5.91. The molecule has 0 aliphatic carbocycles. The minimum absolute atomic E-state index is 0.0533. The number of rotatable bonds is 10. The highest BCUT2D eigenvalue weighted by atomic mass is 16.5. The minimum Gasteiger partial charge on any atom is -0.484 e. The lowest BCUT2D eigenvalue weighted by Gasteiger charge is -2.10. The predicted molar refractivity (Wildman–Crippen MR) is 122 cm³/mol. The van der Waals surface area contributed by atoms with E-state index in [9.17, 15) is 9.59 Å². The molecule has 7 heteroatoms. The zero-order valence-corrected chi connectivity index (χ0v) is 18.1. The van der Waals surface area contributed by atoms with Gasteiger partial charge in [0, 0.05) is 12.2 Å². The van der Waals surface area contributed by atoms with Crippen molar-refractivity contribution in [3.8, 4) is 23.0 Å². The van der Waals surface area contributed by atoms with Gasteiger partial charge in [0.25, 0.3) is 11.8 Å². The summed E-state index contributed by atoms with van der Waals surface area (Å²) >= 11 is 0. The van der Waals surface area contributed by atoms with Crippen LogP contribution in [0.2, 0.25) is 0 Å². The number of hydrogen-bond acceptors (Lipinski definition) is 5. The minimum atomic E-state index is -0.291. The molecule has 3 aromatic carbocycles. The van der Waals surface area contributed by atoms with Gasteiger partial charge in [-0.05, 0) is 74.5 Å². The Hall–Kier alpha value is -4.00. The van der Waals surface area contributed by atoms with Gasteiger partial charge in [0.15, 0.2) is 13.2 Å². The summed E-state index contributed by atoms with van der Waals surface area (Å²) in [7, 11) is 0. The van der Waals surface area contributed by atoms with Crippen LogP contribution in [0, 0.1) is 6.92 Å². The Bertz CT molecular complexity index is 1020. The van der Waals surface area contributed by atoms with Crippen molar-refractivity contribution in [3.05, 3.63) is 78.4 Å². The molecule has 0 aliphatic rings. The topological polar surface area (TPSA) is 85.9 Å². The van der Waals surface area contributed by atoms with E-state index in [1.807, 2.05) is 38.1 Å². The third-order valence-corrected chi connectivity index (χ3v) is 4.33. The van der Waals surface area contributed by atoms with Crippen molar-refractivity contribution in [2.45, 2.75) is 13.8 Å². The van der Waals surface area contributed by atoms with Crippen LogP contribution in [0.15, 0.2) is 72.8 Å². The Labute approximate surface area is 187 Å². The molecule has 0 radical (unpaired) electrons. The largest absolute Gasteiger partial charge is 0.484 e. The van der Waals surface area contributed by atoms with E-state index in [0.717, 1.165) is 5.75 Å². The molecule has 166 valence electrons. The summed E-state index contributed by atoms with van der Waals surface area (Å²) < 4.78 is 16.7. The Morgan fingerprint density at radius 1 is 0.688 bits per heavy atom. The van der Waals surface area contributed by atoms with Gasteiger partial charge >= 0.3 is 0 Å². The second-order valence-electron chi connectivity index (χ2n) is 6.99. The fourth-order valence-electron chi connectivity index (χ4n) is 2.72. The van der Waals surface area contributed by atoms with E-state index < -0.39 is 0 Å². The molecule has 0 bridgehead atoms. The average molecular weight is 434 g/mol. The molecule has 7 nitrogen and oxygen atoms in total. The van der Waals surface area contributed by atoms with Gasteiger partial charge in [-0.2, -0.15) is 0 Å². The molecular weight excluding hydrogens is 408 g/mol. The van der Waals surface area contributed by atoms with Crippen LogP contribution in [-0.4, -0.2) is 31.6 Å². The van der Waals surface area contributed by atoms with Gasteiger partial charge in [-0.1, -0.05) is 17.7 Å². The number of anilines is 1. The van der Waals surface area contributed by atoms with Crippen LogP contribution in [0.4, 0.5) is 5.69 Å². The summed E-state index contributed by atoms with van der Waals surface area (Å²) in [5.74, 6) is 2.06. The number of aryl methyl sites for hydroxylation is 1. The maximum Gasteiger partial charge on any atom is 0.262 e. The van der Waals surface area contributed by atoms with Gasteiger partial charge in [0.05, 0.1) is 0 Å². The van der Waals surface area contributed by atoms with Gasteiger partial charge in [-0.25, -0.2) is 0 Å². The lowest BCUT2D eigenvalue weighted by molar-refractivity contribution is -0.123. The van der Waals surface area contributed by atoms with Gasteiger partial charge in [-0.3, -0.25) is 9.59 Å². The van der Waals surface area contributed by atoms with Gasteiger partial charge in [0.1, 0.15) is 23.0 Å². The first-order chi connectivity index (χ1) is 15.5. The molecule has 0 aromatic heterocycles. The molecule has 0 heterocycles. The maximum absolute atomic E-state index is 12.1. The van der Waals surface area contributed by atoms with E-state index in [1.165, 1.54) is 5.56 Å². The molecule has 0 unspecified atom stereocenters. The molecule has 0 saturated heterocycles. The molecule has 2 N–H and O–H groups in total. The van der Waals surface area contributed by atoms with Crippen molar-refractivity contribution >= 4 is 17.5 Å². The summed E-state index contributed by atoms with van der Waals surface area (Å²) in [6, 6.07) is 21.6. The Morgan fingerprint density at radius 3 is 1.72 bits per heavy atom. The van der Waals surface area contributed by atoms with Crippen LogP contribution in [0.3, 0.4) is 0 Å². The van der Waals surface area contributed by atoms with Crippen LogP contribution in [0.25, 0.3) is 0 Å². The monoisotopic (exact) mass is 434 g/mol. The summed E-state index contributed by atoms with van der Waals surface area (Å²) in [5, 5.41) is 5.40. The first-order valence-corrected chi connectivity index (χ1v) is 10.3. The van der Waals surface area contributed by atoms with Crippen molar-refractivity contribution in [2.24, 2.45) is 0 Å². The van der Waals surface area contributed by atoms with E-state index in [4.69, 9.17) is 14.2 Å². The lowest BCUT2D eigenvalue weighted by atomic mass is 10.2. The smallest absolute Gasteiger partial charge is 0.262 e. The van der Waals surface area contributed by atoms with Crippen LogP contribution >= 0.6 is 0 Å². The molecule has 0 aliphatic heterocycles. The predicted octanol–water partition coefficient (Wildman–Crippen LogP) is 4.32. The van der Waals surface area contributed by atoms with E-state index in [1.54, 1.807) is 48.5 Å². The van der Waals surface area contributed by atoms with Crippen molar-refractivity contribution < 1.29 is 23.8 Å². The van der Waals surface area contributed by atoms with Crippen molar-refractivity contribution in [3.63, 3.8) is 0 Å². The fourth-order valence-corrected chi connectivity index (χ4v) is 2.72. The van der Waals surface area contributed by atoms with Gasteiger partial charge in [-0.15, -0.1) is 0 Å². The highest BCUT2D eigenvalue weighted by Gasteiger charge is 2.06. The average Bonchev–Trinajstić information content (AvgIpc) is 2.80. The van der Waals surface area contributed by atoms with E-state index in [0.29, 0.717) is 29.5 Å². The fraction of sp³-hybridized carbons (Fsp3) is 0.200. The third kappa shape index (κ3) is 7.36. The number of benzene rings is 3. The first kappa shape index (κ1) is 22.7. The first-order valence-electron chi connectivity index (χ1n) is 10.3. The van der Waals surface area contributed by atoms with E-state index in [2.05, 4.69) is 10.6 Å². The Morgan fingerprint density at radius 2 is 1.16 bits per heavy atom. The molecule has 0 saturated carbocycles. The highest BCUT2D eigenvalue weighted by Crippen LogP contribution is 2.24. The summed E-state index contributed by atoms with van der Waals surface area (Å²) in [5.41, 5.74) is 1.77. The van der Waals surface area contributed by atoms with Crippen molar-refractivity contribution in [1.29, 1.82) is 0 Å². The SMILES string of the molecule is CCNC(=O)COc1ccc(NC(=O)COc2ccc(Oc3ccc(C)cc3)cc2)cc1. The normalized spacial score (nSPS) is 10.2. The van der Waals surface area contributed by atoms with Crippen LogP contribution in [0.5, 0.6) is 23.0 Å². The zero-order chi connectivity index (χ0) is 22.8. The van der Waals surface area contributed by atoms with Gasteiger partial charge in [0.2, 0.25) is 0 Å². The number of nitrogens with one attached hydrogen (secondary N) is 2. The quantitative estimate of drug-likeness (QED) is 0.496. The molecule has 32 heavy (non-hydrogen) atoms. The van der Waals surface area contributed by atoms with E-state index >= 15 is 0 Å². The van der Waals surface area contributed by atoms with Crippen LogP contribution in [0.1, 0.15) is 12.5 Å². The molecule has 3 rings (SSSR count). The standard InChI is InChI=1S/C25H26N2O5/c1-3-26-24(28)16-30-20-10-6-19(7-11-20)27-25(29)17-31-21-12-14-23(15-13-21)32-22-8-4-18(2)5-9-22/h4-15H,3,16-17H2,1-2H3,(H,26,28)(H,27,29).